The first-order valence-corrected chi connectivity index (χ1v) is 9.57. The van der Waals surface area contributed by atoms with Crippen LogP contribution >= 0.6 is 0 Å². The Balaban J connectivity index is 1.62. The lowest BCUT2D eigenvalue weighted by Gasteiger charge is -2.25. The number of hydrogen-bond acceptors (Lipinski definition) is 3. The number of likely N-dealkylation sites (tertiary alicyclic amines) is 1. The summed E-state index contributed by atoms with van der Waals surface area (Å²) in [5.41, 5.74) is 1.87. The Hall–Kier alpha value is -2.29. The number of amides is 1. The van der Waals surface area contributed by atoms with Gasteiger partial charge in [0, 0.05) is 43.7 Å². The van der Waals surface area contributed by atoms with Crippen LogP contribution in [-0.4, -0.2) is 61.7 Å². The number of para-hydroxylation sites is 1. The summed E-state index contributed by atoms with van der Waals surface area (Å²) in [6.07, 6.45) is -3.18. The zero-order valence-electron chi connectivity index (χ0n) is 15.9. The summed E-state index contributed by atoms with van der Waals surface area (Å²) in [5, 5.41) is 9.25. The molecule has 0 radical (unpaired) electrons. The summed E-state index contributed by atoms with van der Waals surface area (Å²) in [7, 11) is 0. The molecule has 0 saturated carbocycles. The molecule has 3 N–H and O–H groups in total. The molecule has 3 rings (SSSR count). The van der Waals surface area contributed by atoms with Gasteiger partial charge in [0.2, 0.25) is 5.91 Å². The van der Waals surface area contributed by atoms with Crippen LogP contribution in [0, 0.1) is 0 Å². The van der Waals surface area contributed by atoms with Crippen LogP contribution in [0.4, 0.5) is 18.9 Å². The van der Waals surface area contributed by atoms with Crippen LogP contribution in [0.15, 0.2) is 29.3 Å². The summed E-state index contributed by atoms with van der Waals surface area (Å²) in [6, 6.07) is 7.59. The first-order chi connectivity index (χ1) is 13.3. The van der Waals surface area contributed by atoms with E-state index in [-0.39, 0.29) is 17.9 Å². The Morgan fingerprint density at radius 3 is 2.89 bits per heavy atom. The maximum atomic E-state index is 12.6. The fourth-order valence-electron chi connectivity index (χ4n) is 3.73. The normalized spacial score (nSPS) is 23.3. The number of guanidine groups is 1. The van der Waals surface area contributed by atoms with Crippen LogP contribution in [0.1, 0.15) is 31.2 Å². The van der Waals surface area contributed by atoms with E-state index in [1.54, 1.807) is 0 Å². The zero-order valence-corrected chi connectivity index (χ0v) is 15.9. The van der Waals surface area contributed by atoms with Crippen molar-refractivity contribution in [3.05, 3.63) is 29.8 Å². The van der Waals surface area contributed by atoms with Gasteiger partial charge < -0.3 is 16.0 Å². The number of fused-ring (bicyclic) bond motifs is 1. The fraction of sp³-hybridized carbons (Fsp3) is 0.579. The smallest absolute Gasteiger partial charge is 0.357 e. The van der Waals surface area contributed by atoms with Crippen molar-refractivity contribution in [3.8, 4) is 0 Å². The molecular formula is C19H26F3N5O. The Labute approximate surface area is 162 Å². The van der Waals surface area contributed by atoms with Crippen LogP contribution < -0.4 is 16.0 Å². The summed E-state index contributed by atoms with van der Waals surface area (Å²) in [6.45, 7) is 2.87. The van der Waals surface area contributed by atoms with E-state index in [9.17, 15) is 18.0 Å². The number of anilines is 1. The molecule has 6 nitrogen and oxygen atoms in total. The molecule has 1 aromatic rings. The van der Waals surface area contributed by atoms with E-state index < -0.39 is 12.7 Å². The lowest BCUT2D eigenvalue weighted by Crippen LogP contribution is -2.45. The predicted octanol–water partition coefficient (Wildman–Crippen LogP) is 2.30. The van der Waals surface area contributed by atoms with Crippen molar-refractivity contribution >= 4 is 17.6 Å². The second-order valence-corrected chi connectivity index (χ2v) is 7.24. The van der Waals surface area contributed by atoms with Crippen LogP contribution in [0.25, 0.3) is 0 Å². The number of aliphatic imine (C=N–C) groups is 1. The zero-order chi connectivity index (χ0) is 20.1. The van der Waals surface area contributed by atoms with Gasteiger partial charge in [-0.3, -0.25) is 14.7 Å². The van der Waals surface area contributed by atoms with Gasteiger partial charge in [-0.05, 0) is 25.0 Å². The molecule has 2 unspecified atom stereocenters. The molecule has 1 fully saturated rings. The lowest BCUT2D eigenvalue weighted by atomic mass is 9.91. The highest BCUT2D eigenvalue weighted by molar-refractivity contribution is 5.94. The Morgan fingerprint density at radius 1 is 1.36 bits per heavy atom. The SMILES string of the molecule is CCNC(=NCC1CC(=O)Nc2ccccc21)NC1CCN(CC(F)(F)F)C1. The molecule has 28 heavy (non-hydrogen) atoms. The van der Waals surface area contributed by atoms with Crippen molar-refractivity contribution in [2.24, 2.45) is 4.99 Å². The molecular weight excluding hydrogens is 371 g/mol. The molecule has 1 amide bonds. The molecule has 9 heteroatoms. The monoisotopic (exact) mass is 397 g/mol. The van der Waals surface area contributed by atoms with Crippen LogP contribution in [0.2, 0.25) is 0 Å². The maximum Gasteiger partial charge on any atom is 0.401 e. The molecule has 0 spiro atoms. The molecule has 2 aliphatic heterocycles. The number of alkyl halides is 3. The van der Waals surface area contributed by atoms with Gasteiger partial charge in [-0.15, -0.1) is 0 Å². The van der Waals surface area contributed by atoms with E-state index in [1.807, 2.05) is 31.2 Å². The Kier molecular flexibility index (Phi) is 6.43. The molecule has 2 aliphatic rings. The average Bonchev–Trinajstić information content (AvgIpc) is 3.04. The van der Waals surface area contributed by atoms with Crippen molar-refractivity contribution in [2.75, 3.05) is 38.0 Å². The van der Waals surface area contributed by atoms with Gasteiger partial charge in [0.05, 0.1) is 13.1 Å². The second kappa shape index (κ2) is 8.81. The number of carbonyl (C=O) groups is 1. The predicted molar refractivity (Wildman–Crippen MR) is 102 cm³/mol. The highest BCUT2D eigenvalue weighted by Crippen LogP contribution is 2.32. The number of benzene rings is 1. The van der Waals surface area contributed by atoms with Gasteiger partial charge in [-0.25, -0.2) is 0 Å². The van der Waals surface area contributed by atoms with E-state index in [0.717, 1.165) is 11.3 Å². The number of rotatable bonds is 5. The van der Waals surface area contributed by atoms with Crippen molar-refractivity contribution in [1.82, 2.24) is 15.5 Å². The molecule has 154 valence electrons. The fourth-order valence-corrected chi connectivity index (χ4v) is 3.73. The molecule has 0 bridgehead atoms. The Morgan fingerprint density at radius 2 is 2.14 bits per heavy atom. The average molecular weight is 397 g/mol. The first kappa shape index (κ1) is 20.4. The molecule has 1 saturated heterocycles. The van der Waals surface area contributed by atoms with E-state index in [1.165, 1.54) is 4.90 Å². The highest BCUT2D eigenvalue weighted by Gasteiger charge is 2.34. The standard InChI is InChI=1S/C19H26F3N5O/c1-2-23-18(25-14-7-8-27(11-14)12-19(20,21)22)24-10-13-9-17(28)26-16-6-4-3-5-15(13)16/h3-6,13-14H,2,7-12H2,1H3,(H,26,28)(H2,23,24,25). The number of nitrogens with zero attached hydrogens (tertiary/aromatic N) is 2. The summed E-state index contributed by atoms with van der Waals surface area (Å²) >= 11 is 0. The maximum absolute atomic E-state index is 12.6. The number of nitrogens with one attached hydrogen (secondary N) is 3. The van der Waals surface area contributed by atoms with Gasteiger partial charge in [-0.1, -0.05) is 18.2 Å². The molecule has 1 aromatic carbocycles. The third-order valence-corrected chi connectivity index (χ3v) is 4.94. The number of carbonyl (C=O) groups excluding carboxylic acids is 1. The third-order valence-electron chi connectivity index (χ3n) is 4.94. The topological polar surface area (TPSA) is 68.8 Å². The van der Waals surface area contributed by atoms with Gasteiger partial charge >= 0.3 is 6.18 Å². The molecule has 2 atom stereocenters. The van der Waals surface area contributed by atoms with Crippen molar-refractivity contribution in [2.45, 2.75) is 37.9 Å². The molecule has 0 aliphatic carbocycles. The summed E-state index contributed by atoms with van der Waals surface area (Å²) < 4.78 is 37.7. The molecule has 0 aromatic heterocycles. The van der Waals surface area contributed by atoms with Crippen molar-refractivity contribution in [1.29, 1.82) is 0 Å². The summed E-state index contributed by atoms with van der Waals surface area (Å²) in [5.74, 6) is 0.519. The third kappa shape index (κ3) is 5.60. The number of hydrogen-bond donors (Lipinski definition) is 3. The van der Waals surface area contributed by atoms with Gasteiger partial charge in [0.25, 0.3) is 0 Å². The van der Waals surface area contributed by atoms with Gasteiger partial charge in [-0.2, -0.15) is 13.2 Å². The first-order valence-electron chi connectivity index (χ1n) is 9.57. The quantitative estimate of drug-likeness (QED) is 0.527. The van der Waals surface area contributed by atoms with E-state index in [2.05, 4.69) is 20.9 Å². The van der Waals surface area contributed by atoms with E-state index in [4.69, 9.17) is 0 Å². The Bertz CT molecular complexity index is 722. The highest BCUT2D eigenvalue weighted by atomic mass is 19.4. The number of halogens is 3. The van der Waals surface area contributed by atoms with Crippen molar-refractivity contribution in [3.63, 3.8) is 0 Å². The molecule has 2 heterocycles. The minimum atomic E-state index is -4.18. The van der Waals surface area contributed by atoms with Crippen LogP contribution in [0.3, 0.4) is 0 Å². The second-order valence-electron chi connectivity index (χ2n) is 7.24. The van der Waals surface area contributed by atoms with Crippen molar-refractivity contribution < 1.29 is 18.0 Å². The van der Waals surface area contributed by atoms with Gasteiger partial charge in [0.15, 0.2) is 5.96 Å². The summed E-state index contributed by atoms with van der Waals surface area (Å²) in [4.78, 5) is 18.0. The van der Waals surface area contributed by atoms with E-state index in [0.29, 0.717) is 45.0 Å². The minimum absolute atomic E-state index is 0.0225. The van der Waals surface area contributed by atoms with E-state index >= 15 is 0 Å². The van der Waals surface area contributed by atoms with Gasteiger partial charge in [0.1, 0.15) is 0 Å². The van der Waals surface area contributed by atoms with Crippen LogP contribution in [0.5, 0.6) is 0 Å². The largest absolute Gasteiger partial charge is 0.401 e. The van der Waals surface area contributed by atoms with Crippen LogP contribution in [-0.2, 0) is 4.79 Å². The minimum Gasteiger partial charge on any atom is -0.357 e. The lowest BCUT2D eigenvalue weighted by molar-refractivity contribution is -0.143.